The van der Waals surface area contributed by atoms with Gasteiger partial charge in [0.25, 0.3) is 5.91 Å². The molecule has 0 aliphatic carbocycles. The van der Waals surface area contributed by atoms with Crippen molar-refractivity contribution in [3.05, 3.63) is 23.9 Å². The SMILES string of the molecule is C[C@H]1CCCCN1c1cc(C(=O)N2CCC[C@@H](C(N)=O)C2)ccn1. The van der Waals surface area contributed by atoms with Gasteiger partial charge in [0.15, 0.2) is 0 Å². The van der Waals surface area contributed by atoms with Crippen LogP contribution in [0.4, 0.5) is 5.82 Å². The van der Waals surface area contributed by atoms with E-state index in [9.17, 15) is 9.59 Å². The second-order valence-corrected chi connectivity index (χ2v) is 6.93. The molecule has 0 bridgehead atoms. The first kappa shape index (κ1) is 16.7. The van der Waals surface area contributed by atoms with Crippen molar-refractivity contribution in [2.24, 2.45) is 11.7 Å². The van der Waals surface area contributed by atoms with Gasteiger partial charge in [0.1, 0.15) is 5.82 Å². The van der Waals surface area contributed by atoms with E-state index >= 15 is 0 Å². The van der Waals surface area contributed by atoms with E-state index in [2.05, 4.69) is 16.8 Å². The maximum Gasteiger partial charge on any atom is 0.254 e. The zero-order valence-electron chi connectivity index (χ0n) is 14.3. The van der Waals surface area contributed by atoms with Gasteiger partial charge in [0.05, 0.1) is 5.92 Å². The maximum absolute atomic E-state index is 12.8. The molecule has 2 aliphatic heterocycles. The molecule has 2 N–H and O–H groups in total. The smallest absolute Gasteiger partial charge is 0.254 e. The van der Waals surface area contributed by atoms with Gasteiger partial charge in [-0.2, -0.15) is 0 Å². The van der Waals surface area contributed by atoms with Crippen LogP contribution in [0.25, 0.3) is 0 Å². The maximum atomic E-state index is 12.8. The third-order valence-corrected chi connectivity index (χ3v) is 5.20. The standard InChI is InChI=1S/C18H26N4O2/c1-13-5-2-3-10-22(13)16-11-14(7-8-20-16)18(24)21-9-4-6-15(12-21)17(19)23/h7-8,11,13,15H,2-6,9-10,12H2,1H3,(H2,19,23)/t13-,15+/m0/s1. The van der Waals surface area contributed by atoms with Crippen molar-refractivity contribution >= 4 is 17.6 Å². The third kappa shape index (κ3) is 3.52. The van der Waals surface area contributed by atoms with Gasteiger partial charge in [0, 0.05) is 37.4 Å². The minimum absolute atomic E-state index is 0.0331. The van der Waals surface area contributed by atoms with E-state index in [1.807, 2.05) is 6.07 Å². The number of pyridine rings is 1. The van der Waals surface area contributed by atoms with Crippen LogP contribution in [0.5, 0.6) is 0 Å². The number of nitrogens with two attached hydrogens (primary N) is 1. The summed E-state index contributed by atoms with van der Waals surface area (Å²) in [5, 5.41) is 0. The lowest BCUT2D eigenvalue weighted by molar-refractivity contribution is -0.123. The van der Waals surface area contributed by atoms with Crippen LogP contribution in [-0.2, 0) is 4.79 Å². The van der Waals surface area contributed by atoms with Gasteiger partial charge in [-0.3, -0.25) is 9.59 Å². The number of primary amides is 1. The molecule has 2 amide bonds. The van der Waals surface area contributed by atoms with E-state index in [0.29, 0.717) is 24.7 Å². The molecule has 3 rings (SSSR count). The Kier molecular flexibility index (Phi) is 5.02. The van der Waals surface area contributed by atoms with E-state index in [4.69, 9.17) is 5.73 Å². The lowest BCUT2D eigenvalue weighted by Crippen LogP contribution is -2.44. The van der Waals surface area contributed by atoms with Gasteiger partial charge in [0.2, 0.25) is 5.91 Å². The second kappa shape index (κ2) is 7.20. The van der Waals surface area contributed by atoms with Crippen molar-refractivity contribution in [3.63, 3.8) is 0 Å². The van der Waals surface area contributed by atoms with Crippen LogP contribution in [0.3, 0.4) is 0 Å². The Morgan fingerprint density at radius 1 is 1.21 bits per heavy atom. The molecule has 6 heteroatoms. The van der Waals surface area contributed by atoms with Crippen LogP contribution >= 0.6 is 0 Å². The molecule has 0 radical (unpaired) electrons. The molecule has 1 aromatic rings. The molecule has 0 unspecified atom stereocenters. The highest BCUT2D eigenvalue weighted by atomic mass is 16.2. The highest BCUT2D eigenvalue weighted by Crippen LogP contribution is 2.24. The lowest BCUT2D eigenvalue weighted by atomic mass is 9.97. The molecule has 0 saturated carbocycles. The van der Waals surface area contributed by atoms with Crippen LogP contribution in [0.1, 0.15) is 49.4 Å². The fourth-order valence-corrected chi connectivity index (χ4v) is 3.72. The van der Waals surface area contributed by atoms with Gasteiger partial charge >= 0.3 is 0 Å². The number of aromatic nitrogens is 1. The van der Waals surface area contributed by atoms with Crippen molar-refractivity contribution in [3.8, 4) is 0 Å². The zero-order chi connectivity index (χ0) is 17.1. The Labute approximate surface area is 143 Å². The van der Waals surface area contributed by atoms with Gasteiger partial charge < -0.3 is 15.5 Å². The number of rotatable bonds is 3. The highest BCUT2D eigenvalue weighted by Gasteiger charge is 2.28. The largest absolute Gasteiger partial charge is 0.369 e. The molecule has 3 heterocycles. The van der Waals surface area contributed by atoms with Crippen LogP contribution in [0.2, 0.25) is 0 Å². The molecule has 130 valence electrons. The predicted octanol–water partition coefficient (Wildman–Crippen LogP) is 1.80. The van der Waals surface area contributed by atoms with Gasteiger partial charge in [-0.05, 0) is 51.2 Å². The molecule has 2 saturated heterocycles. The molecule has 0 aromatic carbocycles. The van der Waals surface area contributed by atoms with Crippen molar-refractivity contribution in [1.29, 1.82) is 0 Å². The van der Waals surface area contributed by atoms with E-state index in [1.165, 1.54) is 6.42 Å². The Balaban J connectivity index is 1.75. The Morgan fingerprint density at radius 2 is 2.04 bits per heavy atom. The number of hydrogen-bond donors (Lipinski definition) is 1. The molecule has 0 spiro atoms. The number of amides is 2. The average molecular weight is 330 g/mol. The second-order valence-electron chi connectivity index (χ2n) is 6.93. The molecule has 2 aliphatic rings. The van der Waals surface area contributed by atoms with Crippen molar-refractivity contribution in [2.45, 2.75) is 45.1 Å². The number of likely N-dealkylation sites (tertiary alicyclic amines) is 1. The van der Waals surface area contributed by atoms with Crippen molar-refractivity contribution in [1.82, 2.24) is 9.88 Å². The van der Waals surface area contributed by atoms with E-state index < -0.39 is 0 Å². The number of anilines is 1. The zero-order valence-corrected chi connectivity index (χ0v) is 14.3. The summed E-state index contributed by atoms with van der Waals surface area (Å²) < 4.78 is 0. The molecule has 1 aromatic heterocycles. The summed E-state index contributed by atoms with van der Waals surface area (Å²) in [4.78, 5) is 32.7. The van der Waals surface area contributed by atoms with Gasteiger partial charge in [-0.15, -0.1) is 0 Å². The number of hydrogen-bond acceptors (Lipinski definition) is 4. The summed E-state index contributed by atoms with van der Waals surface area (Å²) >= 11 is 0. The summed E-state index contributed by atoms with van der Waals surface area (Å²) in [5.74, 6) is 0.293. The lowest BCUT2D eigenvalue weighted by Gasteiger charge is -2.35. The van der Waals surface area contributed by atoms with Crippen LogP contribution in [0, 0.1) is 5.92 Å². The third-order valence-electron chi connectivity index (χ3n) is 5.20. The number of nitrogens with zero attached hydrogens (tertiary/aromatic N) is 3. The number of carbonyl (C=O) groups excluding carboxylic acids is 2. The topological polar surface area (TPSA) is 79.5 Å². The minimum Gasteiger partial charge on any atom is -0.369 e. The average Bonchev–Trinajstić information content (AvgIpc) is 2.61. The first-order valence-corrected chi connectivity index (χ1v) is 8.87. The van der Waals surface area contributed by atoms with Gasteiger partial charge in [-0.1, -0.05) is 0 Å². The fourth-order valence-electron chi connectivity index (χ4n) is 3.72. The van der Waals surface area contributed by atoms with Gasteiger partial charge in [-0.25, -0.2) is 4.98 Å². The van der Waals surface area contributed by atoms with Crippen LogP contribution in [-0.4, -0.2) is 47.4 Å². The summed E-state index contributed by atoms with van der Waals surface area (Å²) in [6.07, 6.45) is 6.87. The van der Waals surface area contributed by atoms with Crippen molar-refractivity contribution < 1.29 is 9.59 Å². The highest BCUT2D eigenvalue weighted by molar-refractivity contribution is 5.95. The fraction of sp³-hybridized carbons (Fsp3) is 0.611. The normalized spacial score (nSPS) is 24.7. The predicted molar refractivity (Wildman–Crippen MR) is 92.7 cm³/mol. The van der Waals surface area contributed by atoms with E-state index in [0.717, 1.165) is 38.0 Å². The van der Waals surface area contributed by atoms with E-state index in [-0.39, 0.29) is 17.7 Å². The summed E-state index contributed by atoms with van der Waals surface area (Å²) in [6.45, 7) is 4.29. The van der Waals surface area contributed by atoms with Crippen molar-refractivity contribution in [2.75, 3.05) is 24.5 Å². The first-order chi connectivity index (χ1) is 11.6. The molecule has 6 nitrogen and oxygen atoms in total. The summed E-state index contributed by atoms with van der Waals surface area (Å²) in [6, 6.07) is 4.10. The Bertz CT molecular complexity index is 619. The Hall–Kier alpha value is -2.11. The number of piperidine rings is 2. The summed E-state index contributed by atoms with van der Waals surface area (Å²) in [5.41, 5.74) is 6.05. The monoisotopic (exact) mass is 330 g/mol. The van der Waals surface area contributed by atoms with Crippen LogP contribution < -0.4 is 10.6 Å². The first-order valence-electron chi connectivity index (χ1n) is 8.87. The molecule has 2 atom stereocenters. The molecule has 24 heavy (non-hydrogen) atoms. The summed E-state index contributed by atoms with van der Waals surface area (Å²) in [7, 11) is 0. The quantitative estimate of drug-likeness (QED) is 0.916. The Morgan fingerprint density at radius 3 is 2.79 bits per heavy atom. The van der Waals surface area contributed by atoms with E-state index in [1.54, 1.807) is 17.2 Å². The minimum atomic E-state index is -0.315. The van der Waals surface area contributed by atoms with Crippen LogP contribution in [0.15, 0.2) is 18.3 Å². The molecular formula is C18H26N4O2. The molecule has 2 fully saturated rings. The number of carbonyl (C=O) groups is 2. The molecular weight excluding hydrogens is 304 g/mol.